The number of ether oxygens (including phenoxy) is 1. The highest BCUT2D eigenvalue weighted by Gasteiger charge is 2.23. The van der Waals surface area contributed by atoms with Gasteiger partial charge in [-0.1, -0.05) is 17.7 Å². The third-order valence-electron chi connectivity index (χ3n) is 4.91. The van der Waals surface area contributed by atoms with Crippen molar-refractivity contribution in [3.8, 4) is 0 Å². The van der Waals surface area contributed by atoms with E-state index in [9.17, 15) is 9.59 Å². The predicted octanol–water partition coefficient (Wildman–Crippen LogP) is 3.21. The molecule has 1 aliphatic rings. The molecule has 6 nitrogen and oxygen atoms in total. The van der Waals surface area contributed by atoms with Gasteiger partial charge in [0.25, 0.3) is 5.91 Å². The maximum Gasteiger partial charge on any atom is 0.262 e. The molecule has 1 atom stereocenters. The van der Waals surface area contributed by atoms with Crippen LogP contribution in [0.3, 0.4) is 0 Å². The summed E-state index contributed by atoms with van der Waals surface area (Å²) in [4.78, 5) is 28.1. The number of thiophene rings is 1. The van der Waals surface area contributed by atoms with Gasteiger partial charge in [0, 0.05) is 25.4 Å². The number of benzene rings is 1. The lowest BCUT2D eigenvalue weighted by Gasteiger charge is -2.18. The number of likely N-dealkylation sites (N-methyl/N-ethyl adjacent to an activating group) is 1. The van der Waals surface area contributed by atoms with Crippen LogP contribution in [0, 0.1) is 0 Å². The molecule has 2 N–H and O–H groups in total. The molecule has 0 aliphatic carbocycles. The molecule has 0 spiro atoms. The summed E-state index contributed by atoms with van der Waals surface area (Å²) in [7, 11) is 2.12. The fraction of sp³-hybridized carbons (Fsp3) is 0.429. The topological polar surface area (TPSA) is 70.7 Å². The van der Waals surface area contributed by atoms with Crippen LogP contribution in [-0.4, -0.2) is 56.1 Å². The number of carbonyl (C=O) groups is 2. The van der Waals surface area contributed by atoms with Crippen LogP contribution in [0.15, 0.2) is 30.3 Å². The molecule has 1 unspecified atom stereocenters. The van der Waals surface area contributed by atoms with Gasteiger partial charge < -0.3 is 20.3 Å². The molecule has 29 heavy (non-hydrogen) atoms. The summed E-state index contributed by atoms with van der Waals surface area (Å²) in [5.41, 5.74) is 3.31. The number of hydrogen-bond acceptors (Lipinski definition) is 5. The van der Waals surface area contributed by atoms with Crippen molar-refractivity contribution >= 4 is 40.4 Å². The largest absolute Gasteiger partial charge is 0.379 e. The van der Waals surface area contributed by atoms with Crippen LogP contribution in [-0.2, 0) is 22.4 Å². The van der Waals surface area contributed by atoms with Crippen LogP contribution in [0.25, 0.3) is 0 Å². The zero-order valence-corrected chi connectivity index (χ0v) is 18.2. The summed E-state index contributed by atoms with van der Waals surface area (Å²) < 4.78 is 5.94. The van der Waals surface area contributed by atoms with E-state index in [1.165, 1.54) is 22.5 Å². The third kappa shape index (κ3) is 6.02. The lowest BCUT2D eigenvalue weighted by atomic mass is 10.0. The number of hydrogen-bond donors (Lipinski definition) is 2. The van der Waals surface area contributed by atoms with Gasteiger partial charge in [-0.05, 0) is 62.2 Å². The zero-order chi connectivity index (χ0) is 20.8. The van der Waals surface area contributed by atoms with E-state index in [4.69, 9.17) is 16.3 Å². The van der Waals surface area contributed by atoms with Gasteiger partial charge in [-0.25, -0.2) is 0 Å². The summed E-state index contributed by atoms with van der Waals surface area (Å²) in [5.74, 6) is -0.646. The Kier molecular flexibility index (Phi) is 7.66. The smallest absolute Gasteiger partial charge is 0.262 e. The van der Waals surface area contributed by atoms with Crippen molar-refractivity contribution in [2.24, 2.45) is 0 Å². The second-order valence-electron chi connectivity index (χ2n) is 7.07. The standard InChI is InChI=1S/C21H26ClN3O3S/c1-3-28-13-17(24-21(27)18-6-7-19(22)29-18)20(26)23-16-5-4-14-8-10-25(2)11-9-15(14)12-16/h4-7,12,17H,3,8-11,13H2,1-2H3,(H,23,26)(H,24,27). The number of amides is 2. The van der Waals surface area contributed by atoms with Gasteiger partial charge in [0.05, 0.1) is 15.8 Å². The van der Waals surface area contributed by atoms with E-state index in [-0.39, 0.29) is 18.4 Å². The van der Waals surface area contributed by atoms with Crippen LogP contribution < -0.4 is 10.6 Å². The summed E-state index contributed by atoms with van der Waals surface area (Å²) in [6.07, 6.45) is 1.96. The van der Waals surface area contributed by atoms with Crippen LogP contribution in [0.1, 0.15) is 27.7 Å². The lowest BCUT2D eigenvalue weighted by molar-refractivity contribution is -0.119. The highest BCUT2D eigenvalue weighted by Crippen LogP contribution is 2.22. The van der Waals surface area contributed by atoms with E-state index in [0.29, 0.717) is 15.8 Å². The van der Waals surface area contributed by atoms with E-state index in [1.807, 2.05) is 19.1 Å². The normalized spacial score (nSPS) is 15.3. The fourth-order valence-corrected chi connectivity index (χ4v) is 4.17. The first-order valence-corrected chi connectivity index (χ1v) is 10.9. The molecule has 0 saturated heterocycles. The summed E-state index contributed by atoms with van der Waals surface area (Å²) >= 11 is 7.08. The second kappa shape index (κ2) is 10.2. The molecular weight excluding hydrogens is 410 g/mol. The molecule has 2 amide bonds. The zero-order valence-electron chi connectivity index (χ0n) is 16.7. The van der Waals surface area contributed by atoms with Gasteiger partial charge in [0.2, 0.25) is 5.91 Å². The Labute approximate surface area is 180 Å². The Bertz CT molecular complexity index is 871. The van der Waals surface area contributed by atoms with E-state index < -0.39 is 6.04 Å². The summed E-state index contributed by atoms with van der Waals surface area (Å²) in [6.45, 7) is 4.43. The van der Waals surface area contributed by atoms with Crippen molar-refractivity contribution in [3.63, 3.8) is 0 Å². The average molecular weight is 436 g/mol. The third-order valence-corrected chi connectivity index (χ3v) is 6.14. The maximum atomic E-state index is 12.8. The first kappa shape index (κ1) is 21.8. The van der Waals surface area contributed by atoms with E-state index in [0.717, 1.165) is 31.6 Å². The predicted molar refractivity (Wildman–Crippen MR) is 117 cm³/mol. The lowest BCUT2D eigenvalue weighted by Crippen LogP contribution is -2.46. The quantitative estimate of drug-likeness (QED) is 0.700. The van der Waals surface area contributed by atoms with Crippen LogP contribution in [0.2, 0.25) is 4.34 Å². The second-order valence-corrected chi connectivity index (χ2v) is 8.78. The minimum Gasteiger partial charge on any atom is -0.379 e. The van der Waals surface area contributed by atoms with Gasteiger partial charge in [-0.2, -0.15) is 0 Å². The molecule has 1 aliphatic heterocycles. The Hall–Kier alpha value is -1.93. The van der Waals surface area contributed by atoms with Crippen LogP contribution in [0.5, 0.6) is 0 Å². The number of nitrogens with one attached hydrogen (secondary N) is 2. The SMILES string of the molecule is CCOCC(NC(=O)c1ccc(Cl)s1)C(=O)Nc1ccc2c(c1)CCN(C)CC2. The number of anilines is 1. The molecule has 156 valence electrons. The first-order chi connectivity index (χ1) is 14.0. The monoisotopic (exact) mass is 435 g/mol. The number of rotatable bonds is 7. The van der Waals surface area contributed by atoms with Crippen molar-refractivity contribution in [2.45, 2.75) is 25.8 Å². The first-order valence-electron chi connectivity index (χ1n) is 9.71. The van der Waals surface area contributed by atoms with E-state index in [1.54, 1.807) is 12.1 Å². The summed E-state index contributed by atoms with van der Waals surface area (Å²) in [5, 5.41) is 5.67. The van der Waals surface area contributed by atoms with Gasteiger partial charge in [-0.15, -0.1) is 11.3 Å². The average Bonchev–Trinajstić information content (AvgIpc) is 3.06. The minimum absolute atomic E-state index is 0.100. The van der Waals surface area contributed by atoms with Crippen LogP contribution >= 0.6 is 22.9 Å². The molecule has 3 rings (SSSR count). The molecule has 1 aromatic carbocycles. The van der Waals surface area contributed by atoms with E-state index in [2.05, 4.69) is 28.6 Å². The highest BCUT2D eigenvalue weighted by atomic mass is 35.5. The molecule has 2 heterocycles. The molecule has 0 bridgehead atoms. The van der Waals surface area contributed by atoms with E-state index >= 15 is 0 Å². The summed E-state index contributed by atoms with van der Waals surface area (Å²) in [6, 6.07) is 8.53. The molecule has 2 aromatic rings. The number of nitrogens with zero attached hydrogens (tertiary/aromatic N) is 1. The Morgan fingerprint density at radius 2 is 1.97 bits per heavy atom. The van der Waals surface area contributed by atoms with Crippen molar-refractivity contribution < 1.29 is 14.3 Å². The van der Waals surface area contributed by atoms with Crippen molar-refractivity contribution in [2.75, 3.05) is 38.7 Å². The highest BCUT2D eigenvalue weighted by molar-refractivity contribution is 7.18. The number of halogens is 1. The van der Waals surface area contributed by atoms with Gasteiger partial charge in [0.15, 0.2) is 0 Å². The molecule has 8 heteroatoms. The maximum absolute atomic E-state index is 12.8. The number of carbonyl (C=O) groups excluding carboxylic acids is 2. The molecule has 1 aromatic heterocycles. The molecule has 0 saturated carbocycles. The molecular formula is C21H26ClN3O3S. The molecule has 0 radical (unpaired) electrons. The fourth-order valence-electron chi connectivity index (χ4n) is 3.23. The van der Waals surface area contributed by atoms with Gasteiger partial charge in [0.1, 0.15) is 6.04 Å². The minimum atomic E-state index is -0.798. The van der Waals surface area contributed by atoms with Crippen molar-refractivity contribution in [3.05, 3.63) is 50.7 Å². The van der Waals surface area contributed by atoms with Crippen molar-refractivity contribution in [1.29, 1.82) is 0 Å². The molecule has 0 fully saturated rings. The number of fused-ring (bicyclic) bond motifs is 1. The Balaban J connectivity index is 1.69. The van der Waals surface area contributed by atoms with Crippen LogP contribution in [0.4, 0.5) is 5.69 Å². The Morgan fingerprint density at radius 1 is 1.21 bits per heavy atom. The van der Waals surface area contributed by atoms with Gasteiger partial charge >= 0.3 is 0 Å². The van der Waals surface area contributed by atoms with Crippen molar-refractivity contribution in [1.82, 2.24) is 10.2 Å². The Morgan fingerprint density at radius 3 is 2.66 bits per heavy atom. The van der Waals surface area contributed by atoms with Gasteiger partial charge in [-0.3, -0.25) is 9.59 Å².